The fourth-order valence-electron chi connectivity index (χ4n) is 2.01. The number of carbonyl (C=O) groups excluding carboxylic acids is 2. The molecule has 0 bridgehead atoms. The molecule has 2 rings (SSSR count). The monoisotopic (exact) mass is 292 g/mol. The van der Waals surface area contributed by atoms with E-state index < -0.39 is 17.9 Å². The number of hydrogen-bond acceptors (Lipinski definition) is 4. The van der Waals surface area contributed by atoms with Gasteiger partial charge in [-0.25, -0.2) is 0 Å². The number of carboxylic acids is 1. The highest BCUT2D eigenvalue weighted by Crippen LogP contribution is 2.13. The fraction of sp³-hybridized carbons (Fsp3) is 0.357. The van der Waals surface area contributed by atoms with Gasteiger partial charge in [-0.05, 0) is 18.6 Å². The predicted molar refractivity (Wildman–Crippen MR) is 72.7 cm³/mol. The van der Waals surface area contributed by atoms with E-state index in [0.717, 1.165) is 0 Å². The summed E-state index contributed by atoms with van der Waals surface area (Å²) in [7, 11) is 0. The van der Waals surface area contributed by atoms with Crippen molar-refractivity contribution in [3.05, 3.63) is 30.3 Å². The Balaban J connectivity index is 1.76. The number of ether oxygens (including phenoxy) is 1. The van der Waals surface area contributed by atoms with Crippen molar-refractivity contribution in [1.82, 2.24) is 10.6 Å². The number of aliphatic carboxylic acids is 1. The molecule has 3 N–H and O–H groups in total. The van der Waals surface area contributed by atoms with E-state index in [1.807, 2.05) is 6.07 Å². The van der Waals surface area contributed by atoms with E-state index in [0.29, 0.717) is 5.75 Å². The lowest BCUT2D eigenvalue weighted by molar-refractivity contribution is -0.140. The maximum atomic E-state index is 11.7. The Morgan fingerprint density at radius 1 is 1.29 bits per heavy atom. The number of carboxylic acid groups (broad SMARTS) is 1. The zero-order valence-corrected chi connectivity index (χ0v) is 11.2. The Bertz CT molecular complexity index is 531. The second-order valence-electron chi connectivity index (χ2n) is 4.69. The normalized spacial score (nSPS) is 20.1. The molecule has 0 spiro atoms. The first-order valence-electron chi connectivity index (χ1n) is 6.55. The Morgan fingerprint density at radius 2 is 2.00 bits per heavy atom. The Hall–Kier alpha value is -2.57. The van der Waals surface area contributed by atoms with Crippen LogP contribution in [0.5, 0.6) is 5.75 Å². The van der Waals surface area contributed by atoms with E-state index in [-0.39, 0.29) is 31.4 Å². The first-order valence-corrected chi connectivity index (χ1v) is 6.55. The zero-order valence-electron chi connectivity index (χ0n) is 11.2. The number of rotatable bonds is 7. The molecule has 7 nitrogen and oxygen atoms in total. The van der Waals surface area contributed by atoms with Crippen molar-refractivity contribution in [3.63, 3.8) is 0 Å². The molecule has 21 heavy (non-hydrogen) atoms. The summed E-state index contributed by atoms with van der Waals surface area (Å²) in [6, 6.07) is 7.82. The van der Waals surface area contributed by atoms with E-state index in [2.05, 4.69) is 10.6 Å². The summed E-state index contributed by atoms with van der Waals surface area (Å²) in [6.45, 7) is -0.195. The topological polar surface area (TPSA) is 105 Å². The molecule has 0 saturated carbocycles. The zero-order chi connectivity index (χ0) is 15.2. The van der Waals surface area contributed by atoms with Crippen molar-refractivity contribution >= 4 is 17.8 Å². The maximum Gasteiger partial charge on any atom is 0.303 e. The molecule has 1 saturated heterocycles. The van der Waals surface area contributed by atoms with Crippen LogP contribution in [0.4, 0.5) is 0 Å². The highest BCUT2D eigenvalue weighted by Gasteiger charge is 2.40. The molecule has 0 aliphatic carbocycles. The van der Waals surface area contributed by atoms with Crippen LogP contribution in [0.15, 0.2) is 30.3 Å². The third-order valence-corrected chi connectivity index (χ3v) is 3.11. The number of benzene rings is 1. The first-order chi connectivity index (χ1) is 10.1. The third-order valence-electron chi connectivity index (χ3n) is 3.11. The van der Waals surface area contributed by atoms with Crippen LogP contribution in [0.2, 0.25) is 0 Å². The van der Waals surface area contributed by atoms with Gasteiger partial charge >= 0.3 is 5.97 Å². The Kier molecular flexibility index (Phi) is 4.76. The van der Waals surface area contributed by atoms with Crippen molar-refractivity contribution in [3.8, 4) is 5.75 Å². The molecule has 1 aromatic rings. The third kappa shape index (κ3) is 4.20. The summed E-state index contributed by atoms with van der Waals surface area (Å²) in [5, 5.41) is 13.7. The number of β-lactam (4-membered cyclic amide) rings is 1. The van der Waals surface area contributed by atoms with Gasteiger partial charge in [0.25, 0.3) is 5.91 Å². The van der Waals surface area contributed by atoms with Crippen LogP contribution >= 0.6 is 0 Å². The maximum absolute atomic E-state index is 11.7. The number of nitrogens with one attached hydrogen (secondary N) is 2. The molecular formula is C14H16N2O5. The van der Waals surface area contributed by atoms with Crippen LogP contribution in [0.3, 0.4) is 0 Å². The van der Waals surface area contributed by atoms with Gasteiger partial charge in [-0.1, -0.05) is 18.2 Å². The predicted octanol–water partition coefficient (Wildman–Crippen LogP) is -0.0866. The standard InChI is InChI=1S/C14H16N2O5/c17-11(8-21-9-4-2-1-3-5-9)16-13-10(15-14(13)20)6-7-12(18)19/h1-5,10,13H,6-8H2,(H,15,20)(H,16,17)(H,18,19). The van der Waals surface area contributed by atoms with Crippen molar-refractivity contribution in [2.75, 3.05) is 6.61 Å². The van der Waals surface area contributed by atoms with Gasteiger partial charge in [0, 0.05) is 6.42 Å². The minimum Gasteiger partial charge on any atom is -0.484 e. The van der Waals surface area contributed by atoms with Gasteiger partial charge in [0.1, 0.15) is 11.8 Å². The first kappa shape index (κ1) is 14.8. The highest BCUT2D eigenvalue weighted by atomic mass is 16.5. The summed E-state index contributed by atoms with van der Waals surface area (Å²) < 4.78 is 5.27. The second kappa shape index (κ2) is 6.74. The smallest absolute Gasteiger partial charge is 0.303 e. The Labute approximate surface area is 121 Å². The fourth-order valence-corrected chi connectivity index (χ4v) is 2.01. The van der Waals surface area contributed by atoms with Crippen molar-refractivity contribution < 1.29 is 24.2 Å². The molecule has 1 fully saturated rings. The molecule has 2 amide bonds. The average Bonchev–Trinajstić information content (AvgIpc) is 2.47. The van der Waals surface area contributed by atoms with E-state index in [4.69, 9.17) is 9.84 Å². The average molecular weight is 292 g/mol. The summed E-state index contributed by atoms with van der Waals surface area (Å²) >= 11 is 0. The van der Waals surface area contributed by atoms with Crippen LogP contribution in [0.1, 0.15) is 12.8 Å². The van der Waals surface area contributed by atoms with Gasteiger partial charge in [0.2, 0.25) is 5.91 Å². The SMILES string of the molecule is O=C(O)CCC1NC(=O)C1NC(=O)COc1ccccc1. The van der Waals surface area contributed by atoms with Gasteiger partial charge in [-0.3, -0.25) is 14.4 Å². The summed E-state index contributed by atoms with van der Waals surface area (Å²) in [6.07, 6.45) is 0.226. The van der Waals surface area contributed by atoms with Crippen molar-refractivity contribution in [2.45, 2.75) is 24.9 Å². The van der Waals surface area contributed by atoms with Crippen molar-refractivity contribution in [2.24, 2.45) is 0 Å². The lowest BCUT2D eigenvalue weighted by Gasteiger charge is -2.36. The molecule has 1 heterocycles. The lowest BCUT2D eigenvalue weighted by atomic mass is 9.94. The largest absolute Gasteiger partial charge is 0.484 e. The molecule has 0 radical (unpaired) electrons. The van der Waals surface area contributed by atoms with Crippen LogP contribution in [-0.2, 0) is 14.4 Å². The van der Waals surface area contributed by atoms with Gasteiger partial charge in [-0.2, -0.15) is 0 Å². The molecule has 1 aliphatic rings. The van der Waals surface area contributed by atoms with Gasteiger partial charge < -0.3 is 20.5 Å². The second-order valence-corrected chi connectivity index (χ2v) is 4.69. The molecular weight excluding hydrogens is 276 g/mol. The van der Waals surface area contributed by atoms with Gasteiger partial charge in [0.05, 0.1) is 6.04 Å². The van der Waals surface area contributed by atoms with E-state index in [1.54, 1.807) is 24.3 Å². The molecule has 1 aromatic carbocycles. The number of para-hydroxylation sites is 1. The minimum atomic E-state index is -0.936. The Morgan fingerprint density at radius 3 is 2.62 bits per heavy atom. The molecule has 112 valence electrons. The van der Waals surface area contributed by atoms with Crippen LogP contribution in [-0.4, -0.2) is 41.6 Å². The lowest BCUT2D eigenvalue weighted by Crippen LogP contribution is -2.69. The van der Waals surface area contributed by atoms with Crippen LogP contribution in [0.25, 0.3) is 0 Å². The highest BCUT2D eigenvalue weighted by molar-refractivity contribution is 5.93. The van der Waals surface area contributed by atoms with E-state index in [1.165, 1.54) is 0 Å². The quantitative estimate of drug-likeness (QED) is 0.609. The van der Waals surface area contributed by atoms with E-state index >= 15 is 0 Å². The summed E-state index contributed by atoms with van der Waals surface area (Å²) in [4.78, 5) is 33.6. The van der Waals surface area contributed by atoms with Crippen LogP contribution < -0.4 is 15.4 Å². The van der Waals surface area contributed by atoms with Crippen LogP contribution in [0, 0.1) is 0 Å². The molecule has 2 atom stereocenters. The minimum absolute atomic E-state index is 0.0577. The summed E-state index contributed by atoms with van der Waals surface area (Å²) in [5.74, 6) is -1.10. The van der Waals surface area contributed by atoms with Gasteiger partial charge in [-0.15, -0.1) is 0 Å². The van der Waals surface area contributed by atoms with Gasteiger partial charge in [0.15, 0.2) is 6.61 Å². The number of hydrogen-bond donors (Lipinski definition) is 3. The molecule has 2 unspecified atom stereocenters. The number of amides is 2. The molecule has 7 heteroatoms. The van der Waals surface area contributed by atoms with Crippen molar-refractivity contribution in [1.29, 1.82) is 0 Å². The number of carbonyl (C=O) groups is 3. The molecule has 0 aromatic heterocycles. The molecule has 1 aliphatic heterocycles. The summed E-state index contributed by atoms with van der Waals surface area (Å²) in [5.41, 5.74) is 0. The van der Waals surface area contributed by atoms with E-state index in [9.17, 15) is 14.4 Å².